The first-order valence-corrected chi connectivity index (χ1v) is 3.81. The Balaban J connectivity index is 3.40. The van der Waals surface area contributed by atoms with Crippen LogP contribution < -0.4 is 5.09 Å². The van der Waals surface area contributed by atoms with E-state index in [-0.39, 0.29) is 0 Å². The third-order valence-corrected chi connectivity index (χ3v) is 1.70. The summed E-state index contributed by atoms with van der Waals surface area (Å²) in [4.78, 5) is 9.68. The Bertz CT molecular complexity index is 113. The molecule has 0 aromatic carbocycles. The quantitative estimate of drug-likeness (QED) is 0.552. The number of carbonyl (C=O) groups is 1. The molecule has 48 valence electrons. The predicted molar refractivity (Wildman–Crippen MR) is 30.7 cm³/mol. The van der Waals surface area contributed by atoms with Gasteiger partial charge in [0, 0.05) is 6.16 Å². The summed E-state index contributed by atoms with van der Waals surface area (Å²) in [5, 5.41) is 9.78. The Hall–Kier alpha value is -0.500. The Morgan fingerprint density at radius 1 is 1.88 bits per heavy atom. The zero-order chi connectivity index (χ0) is 6.57. The van der Waals surface area contributed by atoms with E-state index < -0.39 is 14.0 Å². The third-order valence-electron chi connectivity index (χ3n) is 0.567. The van der Waals surface area contributed by atoms with Crippen LogP contribution in [0.5, 0.6) is 0 Å². The van der Waals surface area contributed by atoms with Crippen LogP contribution in [0.25, 0.3) is 0 Å². The maximum atomic E-state index is 10.3. The van der Waals surface area contributed by atoms with Crippen molar-refractivity contribution in [1.29, 1.82) is 0 Å². The van der Waals surface area contributed by atoms with Gasteiger partial charge in [-0.15, -0.1) is 0 Å². The monoisotopic (exact) mass is 137 g/mol. The number of carboxylic acid groups (broad SMARTS) is 1. The molecule has 0 fully saturated rings. The van der Waals surface area contributed by atoms with Crippen LogP contribution in [0.2, 0.25) is 0 Å². The topological polar surface area (TPSA) is 66.4 Å². The van der Waals surface area contributed by atoms with Crippen LogP contribution in [0.15, 0.2) is 0 Å². The normalized spacial score (nSPS) is 12.6. The fourth-order valence-corrected chi connectivity index (χ4v) is 0.623. The van der Waals surface area contributed by atoms with Crippen LogP contribution in [0.3, 0.4) is 0 Å². The van der Waals surface area contributed by atoms with E-state index in [9.17, 15) is 9.36 Å². The van der Waals surface area contributed by atoms with Gasteiger partial charge in [0.2, 0.25) is 0 Å². The molecule has 2 N–H and O–H groups in total. The first-order valence-electron chi connectivity index (χ1n) is 2.19. The van der Waals surface area contributed by atoms with Gasteiger partial charge in [-0.1, -0.05) is 6.92 Å². The summed E-state index contributed by atoms with van der Waals surface area (Å²) < 4.78 is 10.3. The Kier molecular flexibility index (Phi) is 3.28. The van der Waals surface area contributed by atoms with Crippen molar-refractivity contribution < 1.29 is 14.5 Å². The highest BCUT2D eigenvalue weighted by Gasteiger charge is 1.96. The first-order chi connectivity index (χ1) is 3.66. The molecular formula is C3H8NO3P. The summed E-state index contributed by atoms with van der Waals surface area (Å²) in [6, 6.07) is 0. The van der Waals surface area contributed by atoms with E-state index in [0.717, 1.165) is 0 Å². The van der Waals surface area contributed by atoms with Crippen LogP contribution in [-0.2, 0) is 4.57 Å². The molecule has 0 aliphatic carbocycles. The molecule has 0 aromatic heterocycles. The molecule has 0 radical (unpaired) electrons. The fourth-order valence-electron chi connectivity index (χ4n) is 0.208. The molecule has 4 nitrogen and oxygen atoms in total. The smallest absolute Gasteiger partial charge is 0.409 e. The SMILES string of the molecule is CC[PH](=O)NC(=O)O. The summed E-state index contributed by atoms with van der Waals surface area (Å²) in [5.74, 6) is 0. The van der Waals surface area contributed by atoms with Crippen LogP contribution in [-0.4, -0.2) is 17.4 Å². The van der Waals surface area contributed by atoms with Gasteiger partial charge in [0.1, 0.15) is 0 Å². The lowest BCUT2D eigenvalue weighted by Crippen LogP contribution is -2.11. The van der Waals surface area contributed by atoms with Gasteiger partial charge in [-0.25, -0.2) is 4.79 Å². The van der Waals surface area contributed by atoms with Gasteiger partial charge < -0.3 is 9.67 Å². The predicted octanol–water partition coefficient (Wildman–Crippen LogP) is 0.749. The zero-order valence-electron chi connectivity index (χ0n) is 4.47. The molecule has 0 bridgehead atoms. The number of nitrogens with one attached hydrogen (secondary N) is 1. The van der Waals surface area contributed by atoms with Crippen molar-refractivity contribution in [3.63, 3.8) is 0 Å². The van der Waals surface area contributed by atoms with E-state index in [0.29, 0.717) is 6.16 Å². The Labute approximate surface area is 47.7 Å². The summed E-state index contributed by atoms with van der Waals surface area (Å²) in [6.45, 7) is 1.66. The summed E-state index contributed by atoms with van der Waals surface area (Å²) >= 11 is 0. The van der Waals surface area contributed by atoms with E-state index >= 15 is 0 Å². The maximum Gasteiger partial charge on any atom is 0.409 e. The maximum absolute atomic E-state index is 10.3. The number of rotatable bonds is 2. The van der Waals surface area contributed by atoms with Crippen molar-refractivity contribution >= 4 is 14.0 Å². The van der Waals surface area contributed by atoms with Crippen molar-refractivity contribution in [2.75, 3.05) is 6.16 Å². The van der Waals surface area contributed by atoms with E-state index in [1.807, 2.05) is 5.09 Å². The second-order valence-electron chi connectivity index (χ2n) is 1.21. The summed E-state index contributed by atoms with van der Waals surface area (Å²) in [6.07, 6.45) is -0.826. The number of amides is 1. The largest absolute Gasteiger partial charge is 0.465 e. The highest BCUT2D eigenvalue weighted by Crippen LogP contribution is 2.10. The van der Waals surface area contributed by atoms with Crippen LogP contribution in [0.4, 0.5) is 4.79 Å². The third kappa shape index (κ3) is 3.68. The van der Waals surface area contributed by atoms with Crippen LogP contribution in [0.1, 0.15) is 6.92 Å². The average molecular weight is 137 g/mol. The van der Waals surface area contributed by atoms with Crippen LogP contribution in [0, 0.1) is 0 Å². The summed E-state index contributed by atoms with van der Waals surface area (Å²) in [5.41, 5.74) is 0. The Morgan fingerprint density at radius 3 is 2.50 bits per heavy atom. The molecule has 0 saturated heterocycles. The van der Waals surface area contributed by atoms with Gasteiger partial charge in [-0.05, 0) is 0 Å². The minimum Gasteiger partial charge on any atom is -0.465 e. The van der Waals surface area contributed by atoms with E-state index in [2.05, 4.69) is 0 Å². The van der Waals surface area contributed by atoms with Gasteiger partial charge in [-0.2, -0.15) is 0 Å². The van der Waals surface area contributed by atoms with Gasteiger partial charge in [0.25, 0.3) is 0 Å². The second-order valence-corrected chi connectivity index (χ2v) is 3.01. The second kappa shape index (κ2) is 3.50. The zero-order valence-corrected chi connectivity index (χ0v) is 5.47. The van der Waals surface area contributed by atoms with Gasteiger partial charge in [0.05, 0.1) is 0 Å². The van der Waals surface area contributed by atoms with Gasteiger partial charge >= 0.3 is 6.09 Å². The lowest BCUT2D eigenvalue weighted by atomic mass is 11.0. The molecule has 8 heavy (non-hydrogen) atoms. The van der Waals surface area contributed by atoms with Crippen molar-refractivity contribution in [2.45, 2.75) is 6.92 Å². The molecule has 0 heterocycles. The lowest BCUT2D eigenvalue weighted by molar-refractivity contribution is 0.201. The minimum absolute atomic E-state index is 0.386. The molecule has 0 spiro atoms. The Morgan fingerprint density at radius 2 is 2.38 bits per heavy atom. The van der Waals surface area contributed by atoms with Crippen molar-refractivity contribution in [2.24, 2.45) is 0 Å². The molecular weight excluding hydrogens is 129 g/mol. The number of hydrogen-bond acceptors (Lipinski definition) is 2. The standard InChI is InChI=1S/C3H8NO3P/c1-2-8(7)4-3(5)6/h8H,2H2,1H3,(H,4,7)(H,5,6). The molecule has 1 atom stereocenters. The van der Waals surface area contributed by atoms with Gasteiger partial charge in [0.15, 0.2) is 7.95 Å². The van der Waals surface area contributed by atoms with E-state index in [1.54, 1.807) is 6.92 Å². The molecule has 0 saturated carbocycles. The highest BCUT2D eigenvalue weighted by molar-refractivity contribution is 7.43. The molecule has 0 aliphatic rings. The molecule has 0 aromatic rings. The van der Waals surface area contributed by atoms with Crippen molar-refractivity contribution in [3.05, 3.63) is 0 Å². The average Bonchev–Trinajstić information content (AvgIpc) is 1.65. The lowest BCUT2D eigenvalue weighted by Gasteiger charge is -1.93. The number of hydrogen-bond donors (Lipinski definition) is 2. The van der Waals surface area contributed by atoms with Gasteiger partial charge in [-0.3, -0.25) is 5.09 Å². The fraction of sp³-hybridized carbons (Fsp3) is 0.667. The molecule has 1 amide bonds. The minimum atomic E-state index is -2.03. The molecule has 1 unspecified atom stereocenters. The van der Waals surface area contributed by atoms with Crippen molar-refractivity contribution in [3.8, 4) is 0 Å². The highest BCUT2D eigenvalue weighted by atomic mass is 31.1. The molecule has 0 rings (SSSR count). The van der Waals surface area contributed by atoms with Crippen LogP contribution >= 0.6 is 7.95 Å². The van der Waals surface area contributed by atoms with Crippen molar-refractivity contribution in [1.82, 2.24) is 5.09 Å². The molecule has 0 aliphatic heterocycles. The summed E-state index contributed by atoms with van der Waals surface area (Å²) in [7, 11) is -2.03. The molecule has 5 heteroatoms. The first kappa shape index (κ1) is 7.50. The van der Waals surface area contributed by atoms with E-state index in [1.165, 1.54) is 0 Å². The van der Waals surface area contributed by atoms with E-state index in [4.69, 9.17) is 5.11 Å².